The van der Waals surface area contributed by atoms with E-state index in [1.54, 1.807) is 18.5 Å². The molecule has 1 saturated carbocycles. The molecule has 162 valence electrons. The van der Waals surface area contributed by atoms with Crippen LogP contribution in [0.1, 0.15) is 48.2 Å². The molecule has 0 aliphatic heterocycles. The van der Waals surface area contributed by atoms with Gasteiger partial charge in [0, 0.05) is 48.1 Å². The Morgan fingerprint density at radius 2 is 1.74 bits per heavy atom. The van der Waals surface area contributed by atoms with E-state index in [1.165, 1.54) is 18.2 Å². The van der Waals surface area contributed by atoms with E-state index in [4.69, 9.17) is 4.42 Å². The fourth-order valence-electron chi connectivity index (χ4n) is 3.87. The summed E-state index contributed by atoms with van der Waals surface area (Å²) in [6.45, 7) is 0.756. The molecule has 2 amide bonds. The first kappa shape index (κ1) is 21.4. The summed E-state index contributed by atoms with van der Waals surface area (Å²) in [4.78, 5) is 33.5. The minimum atomic E-state index is -0.285. The van der Waals surface area contributed by atoms with Gasteiger partial charge in [0.1, 0.15) is 5.58 Å². The molecule has 1 aliphatic carbocycles. The number of hydrogen-bond acceptors (Lipinski definition) is 6. The Labute approximate surface area is 185 Å². The summed E-state index contributed by atoms with van der Waals surface area (Å²) in [5.41, 5.74) is 1.49. The van der Waals surface area contributed by atoms with Crippen molar-refractivity contribution in [3.8, 4) is 0 Å². The average Bonchev–Trinajstić information content (AvgIpc) is 3.20. The van der Waals surface area contributed by atoms with E-state index < -0.39 is 0 Å². The van der Waals surface area contributed by atoms with Crippen molar-refractivity contribution in [1.82, 2.24) is 20.6 Å². The third kappa shape index (κ3) is 5.44. The average molecular weight is 439 g/mol. The zero-order valence-electron chi connectivity index (χ0n) is 17.3. The molecule has 1 aliphatic rings. The van der Waals surface area contributed by atoms with Gasteiger partial charge in [-0.2, -0.15) is 0 Å². The molecule has 2 heterocycles. The molecule has 3 aromatic rings. The first-order valence-corrected chi connectivity index (χ1v) is 11.7. The van der Waals surface area contributed by atoms with E-state index >= 15 is 0 Å². The molecule has 31 heavy (non-hydrogen) atoms. The zero-order valence-corrected chi connectivity index (χ0v) is 18.1. The minimum Gasteiger partial charge on any atom is -0.451 e. The number of amides is 2. The Balaban J connectivity index is 1.37. The van der Waals surface area contributed by atoms with Gasteiger partial charge in [-0.25, -0.2) is 9.97 Å². The maximum absolute atomic E-state index is 12.8. The summed E-state index contributed by atoms with van der Waals surface area (Å²) in [6, 6.07) is 9.37. The Morgan fingerprint density at radius 3 is 2.55 bits per heavy atom. The Bertz CT molecular complexity index is 1030. The van der Waals surface area contributed by atoms with Crippen LogP contribution in [0.15, 0.2) is 52.3 Å². The van der Waals surface area contributed by atoms with Crippen LogP contribution in [-0.2, 0) is 10.5 Å². The fourth-order valence-corrected chi connectivity index (χ4v) is 4.70. The highest BCUT2D eigenvalue weighted by molar-refractivity contribution is 7.98. The van der Waals surface area contributed by atoms with E-state index in [1.807, 2.05) is 24.3 Å². The number of nitrogens with one attached hydrogen (secondary N) is 2. The van der Waals surface area contributed by atoms with Crippen LogP contribution in [0.4, 0.5) is 0 Å². The van der Waals surface area contributed by atoms with Gasteiger partial charge in [-0.1, -0.05) is 49.2 Å². The van der Waals surface area contributed by atoms with Crippen LogP contribution in [0, 0.1) is 5.92 Å². The number of para-hydroxylation sites is 1. The molecule has 1 fully saturated rings. The molecular formula is C23H26N4O3S. The summed E-state index contributed by atoms with van der Waals surface area (Å²) in [6.07, 6.45) is 8.77. The van der Waals surface area contributed by atoms with Crippen LogP contribution in [0.25, 0.3) is 11.0 Å². The van der Waals surface area contributed by atoms with E-state index in [0.29, 0.717) is 35.3 Å². The molecule has 8 heteroatoms. The summed E-state index contributed by atoms with van der Waals surface area (Å²) >= 11 is 1.45. The predicted molar refractivity (Wildman–Crippen MR) is 120 cm³/mol. The molecule has 0 bridgehead atoms. The molecular weight excluding hydrogens is 412 g/mol. The lowest BCUT2D eigenvalue weighted by Crippen LogP contribution is -2.38. The van der Waals surface area contributed by atoms with E-state index in [2.05, 4.69) is 20.6 Å². The summed E-state index contributed by atoms with van der Waals surface area (Å²) in [5, 5.41) is 7.36. The minimum absolute atomic E-state index is 0.0950. The van der Waals surface area contributed by atoms with E-state index in [-0.39, 0.29) is 17.7 Å². The largest absolute Gasteiger partial charge is 0.451 e. The Kier molecular flexibility index (Phi) is 7.19. The highest BCUT2D eigenvalue weighted by Gasteiger charge is 2.22. The van der Waals surface area contributed by atoms with Gasteiger partial charge < -0.3 is 15.1 Å². The van der Waals surface area contributed by atoms with Crippen LogP contribution >= 0.6 is 11.8 Å². The lowest BCUT2D eigenvalue weighted by molar-refractivity contribution is -0.125. The number of rotatable bonds is 8. The highest BCUT2D eigenvalue weighted by Crippen LogP contribution is 2.31. The van der Waals surface area contributed by atoms with Gasteiger partial charge in [0.2, 0.25) is 5.91 Å². The molecule has 0 saturated heterocycles. The van der Waals surface area contributed by atoms with Crippen molar-refractivity contribution in [1.29, 1.82) is 0 Å². The molecule has 0 unspecified atom stereocenters. The number of benzene rings is 1. The second kappa shape index (κ2) is 10.4. The molecule has 0 radical (unpaired) electrons. The van der Waals surface area contributed by atoms with Crippen molar-refractivity contribution in [2.75, 3.05) is 13.1 Å². The number of carbonyl (C=O) groups is 2. The molecule has 0 atom stereocenters. The van der Waals surface area contributed by atoms with Crippen LogP contribution in [0.2, 0.25) is 0 Å². The number of nitrogens with zero attached hydrogens (tertiary/aromatic N) is 2. The van der Waals surface area contributed by atoms with E-state index in [0.717, 1.165) is 36.6 Å². The van der Waals surface area contributed by atoms with Crippen LogP contribution in [-0.4, -0.2) is 34.9 Å². The molecule has 1 aromatic carbocycles. The molecule has 2 aromatic heterocycles. The van der Waals surface area contributed by atoms with Crippen molar-refractivity contribution >= 4 is 34.5 Å². The number of furan rings is 1. The van der Waals surface area contributed by atoms with Gasteiger partial charge in [-0.3, -0.25) is 9.59 Å². The predicted octanol–water partition coefficient (Wildman–Crippen LogP) is 3.94. The van der Waals surface area contributed by atoms with Crippen molar-refractivity contribution < 1.29 is 14.0 Å². The normalized spacial score (nSPS) is 14.5. The maximum atomic E-state index is 12.8. The summed E-state index contributed by atoms with van der Waals surface area (Å²) in [7, 11) is 0. The van der Waals surface area contributed by atoms with Gasteiger partial charge in [0.25, 0.3) is 5.91 Å². The van der Waals surface area contributed by atoms with Gasteiger partial charge in [0.05, 0.1) is 0 Å². The Hall–Kier alpha value is -2.87. The highest BCUT2D eigenvalue weighted by atomic mass is 32.2. The lowest BCUT2D eigenvalue weighted by atomic mass is 9.89. The summed E-state index contributed by atoms with van der Waals surface area (Å²) in [5.74, 6) is 0.736. The SMILES string of the molecule is O=C(NCCNC(=O)C1CCCCC1)c1oc2ccccc2c1CSc1ncccn1. The number of hydrogen-bond donors (Lipinski definition) is 2. The molecule has 2 N–H and O–H groups in total. The number of aromatic nitrogens is 2. The van der Waals surface area contributed by atoms with E-state index in [9.17, 15) is 9.59 Å². The van der Waals surface area contributed by atoms with Crippen LogP contribution < -0.4 is 10.6 Å². The lowest BCUT2D eigenvalue weighted by Gasteiger charge is -2.20. The number of thioether (sulfide) groups is 1. The van der Waals surface area contributed by atoms with Crippen LogP contribution in [0.3, 0.4) is 0 Å². The quantitative estimate of drug-likeness (QED) is 0.314. The van der Waals surface area contributed by atoms with Crippen LogP contribution in [0.5, 0.6) is 0 Å². The Morgan fingerprint density at radius 1 is 1.00 bits per heavy atom. The summed E-state index contributed by atoms with van der Waals surface area (Å²) < 4.78 is 5.87. The van der Waals surface area contributed by atoms with Gasteiger partial charge >= 0.3 is 0 Å². The second-order valence-electron chi connectivity index (χ2n) is 7.61. The number of carbonyl (C=O) groups excluding carboxylic acids is 2. The van der Waals surface area contributed by atoms with Crippen molar-refractivity contribution in [3.63, 3.8) is 0 Å². The van der Waals surface area contributed by atoms with Crippen molar-refractivity contribution in [2.45, 2.75) is 43.0 Å². The second-order valence-corrected chi connectivity index (χ2v) is 8.55. The zero-order chi connectivity index (χ0) is 21.5. The fraction of sp³-hybridized carbons (Fsp3) is 0.391. The standard InChI is InChI=1S/C23H26N4O3S/c28-21(16-7-2-1-3-8-16)24-13-14-25-22(29)20-18(15-31-23-26-11-6-12-27-23)17-9-4-5-10-19(17)30-20/h4-6,9-12,16H,1-3,7-8,13-15H2,(H,24,28)(H,25,29). The molecule has 7 nitrogen and oxygen atoms in total. The molecule has 0 spiro atoms. The first-order chi connectivity index (χ1) is 15.2. The van der Waals surface area contributed by atoms with Gasteiger partial charge in [-0.15, -0.1) is 0 Å². The maximum Gasteiger partial charge on any atom is 0.287 e. The topological polar surface area (TPSA) is 97.1 Å². The van der Waals surface area contributed by atoms with Crippen molar-refractivity contribution in [3.05, 3.63) is 54.0 Å². The van der Waals surface area contributed by atoms with Crippen molar-refractivity contribution in [2.24, 2.45) is 5.92 Å². The monoisotopic (exact) mass is 438 g/mol. The van der Waals surface area contributed by atoms with Gasteiger partial charge in [0.15, 0.2) is 10.9 Å². The molecule has 4 rings (SSSR count). The third-order valence-corrected chi connectivity index (χ3v) is 6.38. The first-order valence-electron chi connectivity index (χ1n) is 10.7. The number of fused-ring (bicyclic) bond motifs is 1. The smallest absolute Gasteiger partial charge is 0.287 e. The van der Waals surface area contributed by atoms with Gasteiger partial charge in [-0.05, 0) is 25.0 Å². The third-order valence-electron chi connectivity index (χ3n) is 5.48.